The van der Waals surface area contributed by atoms with Crippen LogP contribution < -0.4 is 4.74 Å². The summed E-state index contributed by atoms with van der Waals surface area (Å²) < 4.78 is 5.25. The van der Waals surface area contributed by atoms with Gasteiger partial charge >= 0.3 is 0 Å². The Hall–Kier alpha value is -4.20. The molecule has 0 fully saturated rings. The Labute approximate surface area is 249 Å². The second kappa shape index (κ2) is 12.8. The van der Waals surface area contributed by atoms with Gasteiger partial charge in [-0.25, -0.2) is 0 Å². The highest BCUT2D eigenvalue weighted by molar-refractivity contribution is 6.00. The first-order chi connectivity index (χ1) is 19.9. The van der Waals surface area contributed by atoms with Crippen LogP contribution >= 0.6 is 0 Å². The number of methoxy groups -OCH3 is 1. The lowest BCUT2D eigenvalue weighted by atomic mass is 10.1. The number of nitrogens with zero attached hydrogens (tertiary/aromatic N) is 4. The van der Waals surface area contributed by atoms with E-state index in [9.17, 15) is 14.4 Å². The fourth-order valence-electron chi connectivity index (χ4n) is 5.35. The lowest BCUT2D eigenvalue weighted by molar-refractivity contribution is 0.0722. The number of carbonyl (C=O) groups excluding carboxylic acids is 3. The van der Waals surface area contributed by atoms with Crippen molar-refractivity contribution in [2.45, 2.75) is 86.2 Å². The van der Waals surface area contributed by atoms with E-state index in [1.165, 1.54) is 0 Å². The summed E-state index contributed by atoms with van der Waals surface area (Å²) >= 11 is 0. The quantitative estimate of drug-likeness (QED) is 0.392. The van der Waals surface area contributed by atoms with Gasteiger partial charge in [0.05, 0.1) is 31.5 Å². The van der Waals surface area contributed by atoms with E-state index >= 15 is 0 Å². The zero-order valence-electron chi connectivity index (χ0n) is 26.0. The van der Waals surface area contributed by atoms with Gasteiger partial charge in [-0.2, -0.15) is 0 Å². The molecule has 8 nitrogen and oxygen atoms in total. The lowest BCUT2D eigenvalue weighted by Crippen LogP contribution is -2.30. The van der Waals surface area contributed by atoms with Gasteiger partial charge in [-0.1, -0.05) is 23.8 Å². The van der Waals surface area contributed by atoms with Crippen LogP contribution in [0, 0.1) is 6.92 Å². The maximum absolute atomic E-state index is 12.0. The van der Waals surface area contributed by atoms with E-state index in [2.05, 4.69) is 31.0 Å². The van der Waals surface area contributed by atoms with E-state index in [0.29, 0.717) is 13.1 Å². The number of aromatic nitrogens is 1. The molecule has 3 amide bonds. The summed E-state index contributed by atoms with van der Waals surface area (Å²) in [6, 6.07) is 16.2. The molecule has 0 saturated heterocycles. The van der Waals surface area contributed by atoms with E-state index < -0.39 is 0 Å². The molecule has 0 aliphatic carbocycles. The van der Waals surface area contributed by atoms with Crippen molar-refractivity contribution in [2.75, 3.05) is 7.11 Å². The molecule has 3 aliphatic rings. The summed E-state index contributed by atoms with van der Waals surface area (Å²) in [5.41, 5.74) is 6.66. The number of benzene rings is 2. The molecule has 2 aromatic carbocycles. The van der Waals surface area contributed by atoms with Crippen molar-refractivity contribution in [1.82, 2.24) is 19.7 Å². The number of fused-ring (bicyclic) bond motifs is 3. The van der Waals surface area contributed by atoms with Crippen LogP contribution in [-0.4, -0.2) is 62.6 Å². The standard InChI is InChI=1S/C12H15NO2.C12H15NO.C10H12N2O/c1-8(2)13-7-10-9(12(13)14)5-4-6-11(10)15-3;1-8(2)13-7-10-5-4-9(3)6-11(10)12(13)14;1-7(2)12-6-9-8(10(12)13)4-3-5-11-9/h4-6,8H,7H2,1-3H3;4-6,8H,7H2,1-3H3;3-5,7H,6H2,1-2H3. The molecule has 0 spiro atoms. The SMILES string of the molecule is CC(C)N1Cc2ncccc2C1=O.COc1cccc2c1CN(C(C)C)C2=O.Cc1ccc2c(c1)C(=O)N(C(C)C)C2. The highest BCUT2D eigenvalue weighted by atomic mass is 16.5. The van der Waals surface area contributed by atoms with Crippen molar-refractivity contribution < 1.29 is 19.1 Å². The number of pyridine rings is 1. The van der Waals surface area contributed by atoms with Gasteiger partial charge in [0.2, 0.25) is 0 Å². The zero-order valence-corrected chi connectivity index (χ0v) is 26.0. The minimum absolute atomic E-state index is 0.109. The molecular formula is C34H42N4O4. The van der Waals surface area contributed by atoms with Gasteiger partial charge in [-0.15, -0.1) is 0 Å². The maximum Gasteiger partial charge on any atom is 0.256 e. The van der Waals surface area contributed by atoms with E-state index in [1.54, 1.807) is 19.4 Å². The molecule has 0 unspecified atom stereocenters. The van der Waals surface area contributed by atoms with Crippen LogP contribution in [0.1, 0.15) is 95.0 Å². The van der Waals surface area contributed by atoms with Crippen LogP contribution in [0.15, 0.2) is 54.7 Å². The number of ether oxygens (including phenoxy) is 1. The molecule has 3 aromatic rings. The molecule has 0 radical (unpaired) electrons. The first kappa shape index (κ1) is 30.8. The fourth-order valence-corrected chi connectivity index (χ4v) is 5.35. The normalized spacial score (nSPS) is 15.0. The van der Waals surface area contributed by atoms with Crippen LogP contribution in [0.5, 0.6) is 5.75 Å². The Bertz CT molecular complexity index is 1480. The van der Waals surface area contributed by atoms with Gasteiger partial charge in [0.15, 0.2) is 0 Å². The Kier molecular flexibility index (Phi) is 9.34. The fraction of sp³-hybridized carbons (Fsp3) is 0.412. The van der Waals surface area contributed by atoms with Crippen molar-refractivity contribution in [3.05, 3.63) is 93.8 Å². The number of carbonyl (C=O) groups is 3. The van der Waals surface area contributed by atoms with Gasteiger partial charge in [0.25, 0.3) is 17.7 Å². The van der Waals surface area contributed by atoms with Gasteiger partial charge in [-0.05, 0) is 84.4 Å². The largest absolute Gasteiger partial charge is 0.496 e. The van der Waals surface area contributed by atoms with Crippen molar-refractivity contribution >= 4 is 17.7 Å². The minimum Gasteiger partial charge on any atom is -0.496 e. The third kappa shape index (κ3) is 6.17. The zero-order chi connectivity index (χ0) is 30.7. The molecule has 0 saturated carbocycles. The average molecular weight is 571 g/mol. The summed E-state index contributed by atoms with van der Waals surface area (Å²) in [4.78, 5) is 45.4. The first-order valence-corrected chi connectivity index (χ1v) is 14.6. The molecule has 8 heteroatoms. The molecular weight excluding hydrogens is 528 g/mol. The molecule has 0 bridgehead atoms. The average Bonchev–Trinajstić information content (AvgIpc) is 3.61. The van der Waals surface area contributed by atoms with Crippen LogP contribution in [0.2, 0.25) is 0 Å². The number of aryl methyl sites for hydroxylation is 1. The summed E-state index contributed by atoms with van der Waals surface area (Å²) in [7, 11) is 1.64. The number of amides is 3. The maximum atomic E-state index is 12.0. The van der Waals surface area contributed by atoms with Crippen LogP contribution in [0.3, 0.4) is 0 Å². The lowest BCUT2D eigenvalue weighted by Gasteiger charge is -2.19. The van der Waals surface area contributed by atoms with Crippen molar-refractivity contribution in [3.8, 4) is 5.75 Å². The predicted molar refractivity (Wildman–Crippen MR) is 163 cm³/mol. The molecule has 1 aromatic heterocycles. The van der Waals surface area contributed by atoms with Gasteiger partial charge < -0.3 is 19.4 Å². The van der Waals surface area contributed by atoms with E-state index in [4.69, 9.17) is 4.74 Å². The second-order valence-corrected chi connectivity index (χ2v) is 11.7. The van der Waals surface area contributed by atoms with E-state index in [-0.39, 0.29) is 35.8 Å². The second-order valence-electron chi connectivity index (χ2n) is 11.7. The highest BCUT2D eigenvalue weighted by Crippen LogP contribution is 2.31. The first-order valence-electron chi connectivity index (χ1n) is 14.6. The van der Waals surface area contributed by atoms with Gasteiger partial charge in [0, 0.05) is 47.6 Å². The number of hydrogen-bond donors (Lipinski definition) is 0. The highest BCUT2D eigenvalue weighted by Gasteiger charge is 2.32. The molecule has 6 rings (SSSR count). The van der Waals surface area contributed by atoms with Gasteiger partial charge in [0.1, 0.15) is 5.75 Å². The predicted octanol–water partition coefficient (Wildman–Crippen LogP) is 5.86. The Morgan fingerprint density at radius 3 is 1.88 bits per heavy atom. The molecule has 222 valence electrons. The minimum atomic E-state index is 0.109. The van der Waals surface area contributed by atoms with Gasteiger partial charge in [-0.3, -0.25) is 19.4 Å². The van der Waals surface area contributed by atoms with Crippen LogP contribution in [0.4, 0.5) is 0 Å². The third-order valence-corrected chi connectivity index (χ3v) is 7.84. The Morgan fingerprint density at radius 2 is 1.26 bits per heavy atom. The van der Waals surface area contributed by atoms with E-state index in [0.717, 1.165) is 51.4 Å². The molecule has 0 N–H and O–H groups in total. The topological polar surface area (TPSA) is 83.0 Å². The molecule has 0 atom stereocenters. The number of rotatable bonds is 4. The van der Waals surface area contributed by atoms with Crippen molar-refractivity contribution in [3.63, 3.8) is 0 Å². The van der Waals surface area contributed by atoms with Crippen LogP contribution in [-0.2, 0) is 19.6 Å². The van der Waals surface area contributed by atoms with Crippen molar-refractivity contribution in [2.24, 2.45) is 0 Å². The number of hydrogen-bond acceptors (Lipinski definition) is 5. The monoisotopic (exact) mass is 570 g/mol. The summed E-state index contributed by atoms with van der Waals surface area (Å²) in [5.74, 6) is 1.21. The summed E-state index contributed by atoms with van der Waals surface area (Å²) in [5, 5.41) is 0. The van der Waals surface area contributed by atoms with Crippen LogP contribution in [0.25, 0.3) is 0 Å². The third-order valence-electron chi connectivity index (χ3n) is 7.84. The Balaban J connectivity index is 0.000000145. The Morgan fingerprint density at radius 1 is 0.690 bits per heavy atom. The summed E-state index contributed by atoms with van der Waals surface area (Å²) in [6.45, 7) is 16.3. The molecule has 4 heterocycles. The summed E-state index contributed by atoms with van der Waals surface area (Å²) in [6.07, 6.45) is 1.73. The smallest absolute Gasteiger partial charge is 0.256 e. The van der Waals surface area contributed by atoms with E-state index in [1.807, 2.05) is 79.7 Å². The molecule has 42 heavy (non-hydrogen) atoms. The van der Waals surface area contributed by atoms with Crippen molar-refractivity contribution in [1.29, 1.82) is 0 Å². The molecule has 3 aliphatic heterocycles.